The average molecular weight is 312 g/mol. The van der Waals surface area contributed by atoms with E-state index < -0.39 is 15.7 Å². The molecule has 1 aromatic carbocycles. The van der Waals surface area contributed by atoms with Crippen LogP contribution in [0.15, 0.2) is 18.2 Å². The second-order valence-corrected chi connectivity index (χ2v) is 4.24. The van der Waals surface area contributed by atoms with Crippen LogP contribution in [0.25, 0.3) is 0 Å². The number of rotatable bonds is 1. The van der Waals surface area contributed by atoms with Crippen molar-refractivity contribution in [3.05, 3.63) is 27.6 Å². The van der Waals surface area contributed by atoms with E-state index >= 15 is 0 Å². The van der Waals surface area contributed by atoms with Gasteiger partial charge < -0.3 is 0 Å². The molecule has 10 heavy (non-hydrogen) atoms. The van der Waals surface area contributed by atoms with Gasteiger partial charge in [-0.05, 0) is 0 Å². The van der Waals surface area contributed by atoms with Gasteiger partial charge in [-0.25, -0.2) is 0 Å². The molecule has 0 radical (unpaired) electrons. The van der Waals surface area contributed by atoms with Crippen LogP contribution in [0.4, 0.5) is 4.39 Å². The molecule has 0 aliphatic rings. The number of benzene rings is 1. The topological polar surface area (TPSA) is 17.1 Å². The van der Waals surface area contributed by atoms with Crippen molar-refractivity contribution in [3.63, 3.8) is 0 Å². The van der Waals surface area contributed by atoms with Crippen LogP contribution < -0.4 is 4.35 Å². The molecule has 0 amide bonds. The van der Waals surface area contributed by atoms with Gasteiger partial charge in [0.25, 0.3) is 0 Å². The van der Waals surface area contributed by atoms with Crippen molar-refractivity contribution >= 4 is 42.6 Å². The summed E-state index contributed by atoms with van der Waals surface area (Å²) in [5, 5.41) is 0. The summed E-state index contributed by atoms with van der Waals surface area (Å²) in [5.74, 6) is -0.275. The molecular formula is C6H3AsFIO. The Kier molecular flexibility index (Phi) is 2.98. The standard InChI is InChI=1S/C6H3AsFIO/c8-4-1-2-5(7-10)6(9)3-4/h1-3H. The van der Waals surface area contributed by atoms with Crippen molar-refractivity contribution in [3.8, 4) is 0 Å². The van der Waals surface area contributed by atoms with Crippen molar-refractivity contribution in [2.75, 3.05) is 0 Å². The molecule has 1 aromatic rings. The van der Waals surface area contributed by atoms with E-state index in [0.29, 0.717) is 0 Å². The maximum atomic E-state index is 12.4. The van der Waals surface area contributed by atoms with Crippen molar-refractivity contribution in [2.24, 2.45) is 0 Å². The fourth-order valence-electron chi connectivity index (χ4n) is 0.555. The minimum atomic E-state index is -1.02. The molecule has 0 saturated heterocycles. The van der Waals surface area contributed by atoms with Gasteiger partial charge in [-0.2, -0.15) is 0 Å². The van der Waals surface area contributed by atoms with Gasteiger partial charge in [0.05, 0.1) is 0 Å². The molecule has 0 spiro atoms. The summed E-state index contributed by atoms with van der Waals surface area (Å²) >= 11 is 0.949. The first-order valence-corrected chi connectivity index (χ1v) is 5.31. The molecule has 0 saturated carbocycles. The first-order chi connectivity index (χ1) is 4.74. The fraction of sp³-hybridized carbons (Fsp3) is 0. The Labute approximate surface area is 78.1 Å². The molecule has 1 rings (SSSR count). The SMILES string of the molecule is O=[As]c1ccc(F)cc1I. The van der Waals surface area contributed by atoms with E-state index in [1.165, 1.54) is 12.1 Å². The molecule has 0 atom stereocenters. The van der Waals surface area contributed by atoms with Gasteiger partial charge in [-0.1, -0.05) is 0 Å². The Morgan fingerprint density at radius 2 is 2.20 bits per heavy atom. The summed E-state index contributed by atoms with van der Waals surface area (Å²) in [5.41, 5.74) is 0. The van der Waals surface area contributed by atoms with Crippen molar-refractivity contribution in [1.29, 1.82) is 0 Å². The molecule has 1 nitrogen and oxygen atoms in total. The van der Waals surface area contributed by atoms with Crippen LogP contribution in [0.3, 0.4) is 0 Å². The molecule has 0 N–H and O–H groups in total. The second kappa shape index (κ2) is 3.58. The van der Waals surface area contributed by atoms with Gasteiger partial charge in [0, 0.05) is 0 Å². The van der Waals surface area contributed by atoms with E-state index in [1.54, 1.807) is 6.07 Å². The molecule has 0 aromatic heterocycles. The minimum absolute atomic E-state index is 0.275. The molecular weight excluding hydrogens is 309 g/mol. The molecule has 0 unspecified atom stereocenters. The van der Waals surface area contributed by atoms with Crippen LogP contribution in [0.2, 0.25) is 0 Å². The summed E-state index contributed by atoms with van der Waals surface area (Å²) in [6.45, 7) is 0. The van der Waals surface area contributed by atoms with E-state index in [9.17, 15) is 8.13 Å². The van der Waals surface area contributed by atoms with Crippen molar-refractivity contribution in [1.82, 2.24) is 0 Å². The van der Waals surface area contributed by atoms with Gasteiger partial charge in [-0.15, -0.1) is 0 Å². The molecule has 4 heteroatoms. The zero-order chi connectivity index (χ0) is 7.56. The molecule has 0 bridgehead atoms. The summed E-state index contributed by atoms with van der Waals surface area (Å²) < 4.78 is 24.3. The third kappa shape index (κ3) is 1.86. The van der Waals surface area contributed by atoms with Crippen LogP contribution in [-0.2, 0) is 3.74 Å². The van der Waals surface area contributed by atoms with Gasteiger partial charge in [0.15, 0.2) is 0 Å². The zero-order valence-electron chi connectivity index (χ0n) is 4.84. The van der Waals surface area contributed by atoms with Crippen LogP contribution in [0, 0.1) is 9.39 Å². The number of halogens is 2. The Morgan fingerprint density at radius 3 is 2.70 bits per heavy atom. The third-order valence-electron chi connectivity index (χ3n) is 1.01. The third-order valence-corrected chi connectivity index (χ3v) is 4.06. The molecule has 0 aliphatic carbocycles. The maximum absolute atomic E-state index is 12.4. The normalized spacial score (nSPS) is 10.2. The van der Waals surface area contributed by atoms with Crippen molar-refractivity contribution < 1.29 is 8.13 Å². The molecule has 52 valence electrons. The first-order valence-electron chi connectivity index (χ1n) is 2.52. The van der Waals surface area contributed by atoms with E-state index in [1.807, 2.05) is 22.6 Å². The monoisotopic (exact) mass is 312 g/mol. The van der Waals surface area contributed by atoms with Gasteiger partial charge >= 0.3 is 78.3 Å². The Balaban J connectivity index is 3.19. The quantitative estimate of drug-likeness (QED) is 0.561. The van der Waals surface area contributed by atoms with Gasteiger partial charge in [0.2, 0.25) is 0 Å². The summed E-state index contributed by atoms with van der Waals surface area (Å²) in [6, 6.07) is 4.26. The summed E-state index contributed by atoms with van der Waals surface area (Å²) in [6.07, 6.45) is 0. The summed E-state index contributed by atoms with van der Waals surface area (Å²) in [4.78, 5) is 0. The Hall–Kier alpha value is 0.238. The zero-order valence-corrected chi connectivity index (χ0v) is 8.88. The Morgan fingerprint density at radius 1 is 1.50 bits per heavy atom. The van der Waals surface area contributed by atoms with Crippen LogP contribution in [0.5, 0.6) is 0 Å². The first kappa shape index (κ1) is 8.34. The molecule has 0 aliphatic heterocycles. The van der Waals surface area contributed by atoms with Crippen LogP contribution in [-0.4, -0.2) is 15.7 Å². The van der Waals surface area contributed by atoms with Gasteiger partial charge in [-0.3, -0.25) is 0 Å². The second-order valence-electron chi connectivity index (χ2n) is 1.69. The predicted molar refractivity (Wildman–Crippen MR) is 45.2 cm³/mol. The van der Waals surface area contributed by atoms with E-state index in [0.717, 1.165) is 7.92 Å². The fourth-order valence-corrected chi connectivity index (χ4v) is 2.15. The molecule has 0 fully saturated rings. The van der Waals surface area contributed by atoms with E-state index in [-0.39, 0.29) is 5.82 Å². The summed E-state index contributed by atoms with van der Waals surface area (Å²) in [7, 11) is 0. The Bertz CT molecular complexity index is 264. The number of hydrogen-bond acceptors (Lipinski definition) is 1. The van der Waals surface area contributed by atoms with E-state index in [2.05, 4.69) is 0 Å². The predicted octanol–water partition coefficient (Wildman–Crippen LogP) is 1.11. The molecule has 0 heterocycles. The van der Waals surface area contributed by atoms with Crippen LogP contribution in [0.1, 0.15) is 0 Å². The average Bonchev–Trinajstić information content (AvgIpc) is 1.88. The van der Waals surface area contributed by atoms with E-state index in [4.69, 9.17) is 0 Å². The van der Waals surface area contributed by atoms with Crippen molar-refractivity contribution in [2.45, 2.75) is 0 Å². The van der Waals surface area contributed by atoms with Gasteiger partial charge in [0.1, 0.15) is 0 Å². The number of hydrogen-bond donors (Lipinski definition) is 0. The van der Waals surface area contributed by atoms with Crippen LogP contribution >= 0.6 is 22.6 Å².